The summed E-state index contributed by atoms with van der Waals surface area (Å²) in [5, 5.41) is 0. The Balaban J connectivity index is 1.32. The number of rotatable bonds is 15. The number of carbonyl (C=O) groups excluding carboxylic acids is 2. The van der Waals surface area contributed by atoms with Crippen LogP contribution in [-0.2, 0) is 0 Å². The molecule has 0 bridgehead atoms. The van der Waals surface area contributed by atoms with Crippen molar-refractivity contribution in [3.05, 3.63) is 58.8 Å². The number of ether oxygens (including phenoxy) is 4. The molecule has 0 aromatic heterocycles. The lowest BCUT2D eigenvalue weighted by molar-refractivity contribution is 0.0817. The van der Waals surface area contributed by atoms with Crippen LogP contribution in [0, 0.1) is 5.92 Å². The van der Waals surface area contributed by atoms with Gasteiger partial charge in [0.25, 0.3) is 5.91 Å². The number of amides is 1. The fourth-order valence-corrected chi connectivity index (χ4v) is 5.39. The second kappa shape index (κ2) is 15.5. The van der Waals surface area contributed by atoms with Gasteiger partial charge in [-0.05, 0) is 77.8 Å². The van der Waals surface area contributed by atoms with Crippen molar-refractivity contribution < 1.29 is 28.5 Å². The molecule has 0 saturated carbocycles. The Morgan fingerprint density at radius 2 is 1.69 bits per heavy atom. The quantitative estimate of drug-likeness (QED) is 0.0870. The van der Waals surface area contributed by atoms with Gasteiger partial charge in [-0.1, -0.05) is 24.1 Å². The minimum atomic E-state index is -0.0882. The molecule has 0 spiro atoms. The first-order valence-electron chi connectivity index (χ1n) is 15.6. The number of unbranched alkanes of at least 4 members (excludes halogenated alkanes) is 2. The molecule has 0 N–H and O–H groups in total. The van der Waals surface area contributed by atoms with E-state index >= 15 is 0 Å². The van der Waals surface area contributed by atoms with Crippen LogP contribution in [0.1, 0.15) is 87.4 Å². The van der Waals surface area contributed by atoms with Gasteiger partial charge < -0.3 is 23.8 Å². The number of allylic oxidation sites excluding steroid dienone is 2. The summed E-state index contributed by atoms with van der Waals surface area (Å²) in [6, 6.07) is 6.92. The number of hydrogen-bond acceptors (Lipinski definition) is 8. The second-order valence-electron chi connectivity index (χ2n) is 11.7. The Morgan fingerprint density at radius 3 is 2.33 bits per heavy atom. The van der Waals surface area contributed by atoms with Gasteiger partial charge in [0.2, 0.25) is 0 Å². The summed E-state index contributed by atoms with van der Waals surface area (Å²) in [7, 11) is 3.13. The lowest BCUT2D eigenvalue weighted by Gasteiger charge is -2.19. The molecule has 0 aliphatic carbocycles. The first-order chi connectivity index (χ1) is 21.6. The summed E-state index contributed by atoms with van der Waals surface area (Å²) in [5.41, 5.74) is 4.60. The van der Waals surface area contributed by atoms with E-state index in [1.165, 1.54) is 12.5 Å². The SMILES string of the molecule is C/C=C(/C)CC(C)C=Nc1cc(OCCCCCOc2cc3c(cc2OC)C(=O)N2C=C(C)CC2C=N3)c(OC)cc1C(C)=O. The van der Waals surface area contributed by atoms with Crippen LogP contribution in [0.5, 0.6) is 23.0 Å². The van der Waals surface area contributed by atoms with E-state index in [2.05, 4.69) is 29.9 Å². The van der Waals surface area contributed by atoms with Crippen molar-refractivity contribution in [2.45, 2.75) is 72.8 Å². The van der Waals surface area contributed by atoms with Crippen molar-refractivity contribution in [2.75, 3.05) is 27.4 Å². The van der Waals surface area contributed by atoms with Crippen LogP contribution >= 0.6 is 0 Å². The van der Waals surface area contributed by atoms with Crippen molar-refractivity contribution in [1.82, 2.24) is 4.90 Å². The third kappa shape index (κ3) is 8.41. The highest BCUT2D eigenvalue weighted by atomic mass is 16.5. The number of hydrogen-bond donors (Lipinski definition) is 0. The summed E-state index contributed by atoms with van der Waals surface area (Å²) in [5.74, 6) is 2.18. The number of aliphatic imine (C=N–C) groups is 2. The Hall–Kier alpha value is -4.40. The number of Topliss-reactive ketones (excluding diaryl/α,β-unsaturated/α-hetero) is 1. The molecule has 0 saturated heterocycles. The van der Waals surface area contributed by atoms with E-state index in [1.54, 1.807) is 43.4 Å². The van der Waals surface area contributed by atoms with Crippen LogP contribution in [0.15, 0.2) is 57.7 Å². The van der Waals surface area contributed by atoms with Crippen molar-refractivity contribution in [2.24, 2.45) is 15.9 Å². The predicted molar refractivity (Wildman–Crippen MR) is 179 cm³/mol. The van der Waals surface area contributed by atoms with Gasteiger partial charge in [-0.15, -0.1) is 0 Å². The highest BCUT2D eigenvalue weighted by molar-refractivity contribution is 6.04. The first kappa shape index (κ1) is 33.5. The molecule has 9 heteroatoms. The molecule has 2 unspecified atom stereocenters. The van der Waals surface area contributed by atoms with Crippen LogP contribution in [0.4, 0.5) is 11.4 Å². The molecular weight excluding hydrogens is 570 g/mol. The number of benzene rings is 2. The van der Waals surface area contributed by atoms with Crippen molar-refractivity contribution in [1.29, 1.82) is 0 Å². The third-order valence-electron chi connectivity index (χ3n) is 7.95. The topological polar surface area (TPSA) is 99.0 Å². The highest BCUT2D eigenvalue weighted by Crippen LogP contribution is 2.39. The van der Waals surface area contributed by atoms with Gasteiger partial charge in [0.1, 0.15) is 0 Å². The monoisotopic (exact) mass is 615 g/mol. The van der Waals surface area contributed by atoms with Gasteiger partial charge >= 0.3 is 0 Å². The van der Waals surface area contributed by atoms with E-state index in [1.807, 2.05) is 32.5 Å². The maximum Gasteiger partial charge on any atom is 0.260 e. The van der Waals surface area contributed by atoms with Gasteiger partial charge in [-0.2, -0.15) is 0 Å². The van der Waals surface area contributed by atoms with Gasteiger partial charge in [-0.25, -0.2) is 0 Å². The Kier molecular flexibility index (Phi) is 11.6. The smallest absolute Gasteiger partial charge is 0.260 e. The Morgan fingerprint density at radius 1 is 1.02 bits per heavy atom. The van der Waals surface area contributed by atoms with Gasteiger partial charge in [0.15, 0.2) is 28.8 Å². The molecule has 1 amide bonds. The minimum Gasteiger partial charge on any atom is -0.493 e. The van der Waals surface area contributed by atoms with Gasteiger partial charge in [-0.3, -0.25) is 19.6 Å². The van der Waals surface area contributed by atoms with Crippen LogP contribution in [-0.4, -0.2) is 62.5 Å². The number of methoxy groups -OCH3 is 2. The lowest BCUT2D eigenvalue weighted by Crippen LogP contribution is -2.32. The zero-order chi connectivity index (χ0) is 32.5. The van der Waals surface area contributed by atoms with E-state index in [0.717, 1.165) is 37.7 Å². The van der Waals surface area contributed by atoms with Crippen molar-refractivity contribution in [3.8, 4) is 23.0 Å². The number of ketones is 1. The summed E-state index contributed by atoms with van der Waals surface area (Å²) in [6.45, 7) is 10.7. The van der Waals surface area contributed by atoms with Crippen LogP contribution in [0.2, 0.25) is 0 Å². The number of carbonyl (C=O) groups is 2. The Labute approximate surface area is 266 Å². The predicted octanol–water partition coefficient (Wildman–Crippen LogP) is 8.06. The molecule has 0 radical (unpaired) electrons. The molecule has 2 aromatic carbocycles. The molecule has 240 valence electrons. The molecule has 0 fully saturated rings. The maximum atomic E-state index is 13.2. The lowest BCUT2D eigenvalue weighted by atomic mass is 10.0. The third-order valence-corrected chi connectivity index (χ3v) is 7.95. The molecule has 2 atom stereocenters. The van der Waals surface area contributed by atoms with Gasteiger partial charge in [0.05, 0.1) is 50.4 Å². The van der Waals surface area contributed by atoms with Crippen molar-refractivity contribution in [3.63, 3.8) is 0 Å². The Bertz CT molecular complexity index is 1520. The first-order valence-corrected chi connectivity index (χ1v) is 15.6. The summed E-state index contributed by atoms with van der Waals surface area (Å²) >= 11 is 0. The molecule has 45 heavy (non-hydrogen) atoms. The average Bonchev–Trinajstić information content (AvgIpc) is 3.36. The van der Waals surface area contributed by atoms with Crippen LogP contribution in [0.25, 0.3) is 0 Å². The molecule has 2 aliphatic rings. The number of fused-ring (bicyclic) bond motifs is 2. The summed E-state index contributed by atoms with van der Waals surface area (Å²) < 4.78 is 23.2. The van der Waals surface area contributed by atoms with E-state index in [4.69, 9.17) is 18.9 Å². The average molecular weight is 616 g/mol. The summed E-state index contributed by atoms with van der Waals surface area (Å²) in [4.78, 5) is 36.5. The fraction of sp³-hybridized carbons (Fsp3) is 0.444. The normalized spacial score (nSPS) is 16.6. The molecule has 2 aromatic rings. The van der Waals surface area contributed by atoms with E-state index < -0.39 is 0 Å². The zero-order valence-electron chi connectivity index (χ0n) is 27.5. The standard InChI is InChI=1S/C36H45N3O6/c1-8-23(2)14-24(3)20-37-30-18-34(32(42-6)16-28(30)26(5)40)44-12-10-9-11-13-45-35-19-31-29(17-33(35)43-7)36(41)39-22-25(4)15-27(39)21-38-31/h8,16-22,24,27H,9-15H2,1-7H3/b23-8-,37-20?. The maximum absolute atomic E-state index is 13.2. The molecule has 4 rings (SSSR count). The summed E-state index contributed by atoms with van der Waals surface area (Å²) in [6.07, 6.45) is 11.9. The largest absolute Gasteiger partial charge is 0.493 e. The van der Waals surface area contributed by atoms with E-state index in [-0.39, 0.29) is 23.7 Å². The molecule has 9 nitrogen and oxygen atoms in total. The molecule has 2 aliphatic heterocycles. The van der Waals surface area contributed by atoms with Crippen LogP contribution in [0.3, 0.4) is 0 Å². The van der Waals surface area contributed by atoms with E-state index in [0.29, 0.717) is 58.7 Å². The zero-order valence-corrected chi connectivity index (χ0v) is 27.5. The van der Waals surface area contributed by atoms with Crippen molar-refractivity contribution >= 4 is 35.5 Å². The van der Waals surface area contributed by atoms with Crippen LogP contribution < -0.4 is 18.9 Å². The second-order valence-corrected chi connectivity index (χ2v) is 11.7. The highest BCUT2D eigenvalue weighted by Gasteiger charge is 2.32. The van der Waals surface area contributed by atoms with E-state index in [9.17, 15) is 9.59 Å². The van der Waals surface area contributed by atoms with Gasteiger partial charge in [0, 0.05) is 36.3 Å². The fourth-order valence-electron chi connectivity index (χ4n) is 5.39. The number of nitrogens with zero attached hydrogens (tertiary/aromatic N) is 3. The molecule has 2 heterocycles. The molecular formula is C36H45N3O6. The minimum absolute atomic E-state index is 0.0601.